The van der Waals surface area contributed by atoms with Gasteiger partial charge < -0.3 is 15.4 Å². The van der Waals surface area contributed by atoms with Gasteiger partial charge in [0.15, 0.2) is 0 Å². The first-order chi connectivity index (χ1) is 10.7. The van der Waals surface area contributed by atoms with Gasteiger partial charge in [-0.25, -0.2) is 0 Å². The van der Waals surface area contributed by atoms with Crippen molar-refractivity contribution in [3.8, 4) is 5.75 Å². The second-order valence-electron chi connectivity index (χ2n) is 6.97. The van der Waals surface area contributed by atoms with Crippen LogP contribution in [0.2, 0.25) is 0 Å². The highest BCUT2D eigenvalue weighted by molar-refractivity contribution is 5.59. The van der Waals surface area contributed by atoms with Crippen LogP contribution in [0.4, 0.5) is 5.69 Å². The summed E-state index contributed by atoms with van der Waals surface area (Å²) in [6, 6.07) is 7.88. The summed E-state index contributed by atoms with van der Waals surface area (Å²) >= 11 is 0. The topological polar surface area (TPSA) is 33.3 Å². The molecule has 1 aliphatic carbocycles. The molecule has 0 radical (unpaired) electrons. The van der Waals surface area contributed by atoms with Crippen molar-refractivity contribution in [1.82, 2.24) is 5.32 Å². The maximum atomic E-state index is 5.98. The van der Waals surface area contributed by atoms with Crippen molar-refractivity contribution in [1.29, 1.82) is 0 Å². The van der Waals surface area contributed by atoms with Gasteiger partial charge in [0, 0.05) is 12.1 Å². The van der Waals surface area contributed by atoms with Crippen LogP contribution in [0.25, 0.3) is 0 Å². The van der Waals surface area contributed by atoms with E-state index in [0.29, 0.717) is 12.1 Å². The summed E-state index contributed by atoms with van der Waals surface area (Å²) in [5.74, 6) is 1.01. The Morgan fingerprint density at radius 3 is 2.86 bits per heavy atom. The highest BCUT2D eigenvalue weighted by Gasteiger charge is 2.19. The van der Waals surface area contributed by atoms with Crippen molar-refractivity contribution < 1.29 is 4.74 Å². The van der Waals surface area contributed by atoms with Crippen molar-refractivity contribution in [2.75, 3.05) is 11.9 Å². The maximum absolute atomic E-state index is 5.98. The summed E-state index contributed by atoms with van der Waals surface area (Å²) in [4.78, 5) is 0. The van der Waals surface area contributed by atoms with Gasteiger partial charge in [-0.15, -0.1) is 0 Å². The number of fused-ring (bicyclic) bond motifs is 1. The molecular weight excluding hydrogens is 272 g/mol. The van der Waals surface area contributed by atoms with Gasteiger partial charge in [-0.05, 0) is 50.3 Å². The molecule has 3 heteroatoms. The summed E-state index contributed by atoms with van der Waals surface area (Å²) in [7, 11) is 0. The molecule has 0 spiro atoms. The molecule has 1 heterocycles. The highest BCUT2D eigenvalue weighted by Crippen LogP contribution is 2.31. The van der Waals surface area contributed by atoms with Crippen LogP contribution < -0.4 is 15.4 Å². The molecule has 0 amide bonds. The fourth-order valence-corrected chi connectivity index (χ4v) is 3.70. The fourth-order valence-electron chi connectivity index (χ4n) is 3.70. The molecule has 1 saturated carbocycles. The van der Waals surface area contributed by atoms with Crippen LogP contribution in [-0.4, -0.2) is 24.7 Å². The van der Waals surface area contributed by atoms with Gasteiger partial charge in [0.05, 0.1) is 12.2 Å². The van der Waals surface area contributed by atoms with Crippen molar-refractivity contribution in [2.24, 2.45) is 0 Å². The van der Waals surface area contributed by atoms with Crippen LogP contribution in [0.5, 0.6) is 5.75 Å². The van der Waals surface area contributed by atoms with Crippen molar-refractivity contribution >= 4 is 5.69 Å². The molecule has 2 unspecified atom stereocenters. The zero-order valence-corrected chi connectivity index (χ0v) is 14.0. The minimum atomic E-state index is 0.310. The monoisotopic (exact) mass is 302 g/mol. The molecule has 122 valence electrons. The molecule has 0 aromatic heterocycles. The molecule has 22 heavy (non-hydrogen) atoms. The lowest BCUT2D eigenvalue weighted by Gasteiger charge is -2.28. The van der Waals surface area contributed by atoms with E-state index in [0.717, 1.165) is 36.9 Å². The van der Waals surface area contributed by atoms with Crippen molar-refractivity contribution in [3.63, 3.8) is 0 Å². The number of benzene rings is 1. The molecule has 3 nitrogen and oxygen atoms in total. The van der Waals surface area contributed by atoms with E-state index in [4.69, 9.17) is 4.74 Å². The van der Waals surface area contributed by atoms with Crippen molar-refractivity contribution in [2.45, 2.75) is 77.0 Å². The van der Waals surface area contributed by atoms with Crippen LogP contribution in [-0.2, 0) is 6.42 Å². The van der Waals surface area contributed by atoms with Crippen LogP contribution in [0.15, 0.2) is 18.2 Å². The molecule has 0 saturated heterocycles. The second kappa shape index (κ2) is 7.36. The maximum Gasteiger partial charge on any atom is 0.142 e. The predicted octanol–water partition coefficient (Wildman–Crippen LogP) is 4.12. The number of hydrogen-bond donors (Lipinski definition) is 2. The summed E-state index contributed by atoms with van der Waals surface area (Å²) in [5, 5.41) is 7.33. The van der Waals surface area contributed by atoms with E-state index in [2.05, 4.69) is 42.7 Å². The minimum Gasteiger partial charge on any atom is -0.486 e. The Bertz CT molecular complexity index is 482. The van der Waals surface area contributed by atoms with Gasteiger partial charge in [0.25, 0.3) is 0 Å². The minimum absolute atomic E-state index is 0.310. The fraction of sp³-hybridized carbons (Fsp3) is 0.684. The Morgan fingerprint density at radius 1 is 1.27 bits per heavy atom. The Hall–Kier alpha value is -1.22. The number of anilines is 1. The van der Waals surface area contributed by atoms with Gasteiger partial charge in [0.1, 0.15) is 11.9 Å². The summed E-state index contributed by atoms with van der Waals surface area (Å²) in [5.41, 5.74) is 2.55. The average molecular weight is 302 g/mol. The van der Waals surface area contributed by atoms with Gasteiger partial charge >= 0.3 is 0 Å². The first-order valence-electron chi connectivity index (χ1n) is 9.04. The lowest BCUT2D eigenvalue weighted by Crippen LogP contribution is -2.39. The standard InChI is InChI=1S/C19H30N2O/c1-3-17-13-20-18-12-15(9-10-19(18)22-17)11-14(2)21-16-7-5-4-6-8-16/h9-10,12,14,16-17,20-21H,3-8,11,13H2,1-2H3. The second-order valence-corrected chi connectivity index (χ2v) is 6.97. The zero-order chi connectivity index (χ0) is 15.4. The Balaban J connectivity index is 1.56. The predicted molar refractivity (Wildman–Crippen MR) is 92.8 cm³/mol. The number of hydrogen-bond acceptors (Lipinski definition) is 3. The zero-order valence-electron chi connectivity index (χ0n) is 14.0. The van der Waals surface area contributed by atoms with E-state index >= 15 is 0 Å². The average Bonchev–Trinajstić information content (AvgIpc) is 2.55. The van der Waals surface area contributed by atoms with E-state index in [9.17, 15) is 0 Å². The van der Waals surface area contributed by atoms with Crippen LogP contribution in [0, 0.1) is 0 Å². The Labute approximate surface area is 134 Å². The number of nitrogens with one attached hydrogen (secondary N) is 2. The van der Waals surface area contributed by atoms with Crippen LogP contribution in [0.3, 0.4) is 0 Å². The normalized spacial score (nSPS) is 23.3. The highest BCUT2D eigenvalue weighted by atomic mass is 16.5. The summed E-state index contributed by atoms with van der Waals surface area (Å²) < 4.78 is 5.98. The first kappa shape index (κ1) is 15.7. The largest absolute Gasteiger partial charge is 0.486 e. The SMILES string of the molecule is CCC1CNc2cc(CC(C)NC3CCCCC3)ccc2O1. The molecule has 2 N–H and O–H groups in total. The van der Waals surface area contributed by atoms with Gasteiger partial charge in [-0.2, -0.15) is 0 Å². The molecule has 1 fully saturated rings. The third-order valence-corrected chi connectivity index (χ3v) is 4.98. The molecular formula is C19H30N2O. The van der Waals surface area contributed by atoms with E-state index < -0.39 is 0 Å². The molecule has 1 aliphatic heterocycles. The third-order valence-electron chi connectivity index (χ3n) is 4.98. The van der Waals surface area contributed by atoms with Gasteiger partial charge in [-0.1, -0.05) is 32.3 Å². The van der Waals surface area contributed by atoms with E-state index in [1.165, 1.54) is 37.7 Å². The molecule has 2 atom stereocenters. The Morgan fingerprint density at radius 2 is 2.09 bits per heavy atom. The smallest absolute Gasteiger partial charge is 0.142 e. The van der Waals surface area contributed by atoms with E-state index in [1.54, 1.807) is 0 Å². The van der Waals surface area contributed by atoms with Crippen LogP contribution in [0.1, 0.15) is 57.9 Å². The van der Waals surface area contributed by atoms with Gasteiger partial charge in [-0.3, -0.25) is 0 Å². The number of ether oxygens (including phenoxy) is 1. The van der Waals surface area contributed by atoms with Crippen molar-refractivity contribution in [3.05, 3.63) is 23.8 Å². The molecule has 1 aromatic rings. The molecule has 3 rings (SSSR count). The first-order valence-corrected chi connectivity index (χ1v) is 9.04. The third kappa shape index (κ3) is 3.95. The summed E-state index contributed by atoms with van der Waals surface area (Å²) in [6.07, 6.45) is 9.35. The molecule has 1 aromatic carbocycles. The number of rotatable bonds is 5. The van der Waals surface area contributed by atoms with Gasteiger partial charge in [0.2, 0.25) is 0 Å². The lowest BCUT2D eigenvalue weighted by atomic mass is 9.94. The lowest BCUT2D eigenvalue weighted by molar-refractivity contribution is 0.202. The molecule has 2 aliphatic rings. The van der Waals surface area contributed by atoms with E-state index in [1.807, 2.05) is 0 Å². The van der Waals surface area contributed by atoms with E-state index in [-0.39, 0.29) is 0 Å². The summed E-state index contributed by atoms with van der Waals surface area (Å²) in [6.45, 7) is 5.40. The Kier molecular flexibility index (Phi) is 5.24. The quantitative estimate of drug-likeness (QED) is 0.858. The molecule has 0 bridgehead atoms. The van der Waals surface area contributed by atoms with Crippen LogP contribution >= 0.6 is 0 Å².